The molecular formula is C16H24ClNO5S. The Morgan fingerprint density at radius 2 is 1.79 bits per heavy atom. The Morgan fingerprint density at radius 1 is 1.12 bits per heavy atom. The van der Waals surface area contributed by atoms with Gasteiger partial charge in [-0.3, -0.25) is 4.79 Å². The van der Waals surface area contributed by atoms with E-state index in [9.17, 15) is 13.2 Å². The number of unbranched alkanes of at least 4 members (excludes halogenated alkanes) is 1. The predicted molar refractivity (Wildman–Crippen MR) is 92.6 cm³/mol. The van der Waals surface area contributed by atoms with E-state index in [1.165, 1.54) is 24.3 Å². The largest absolute Gasteiger partial charge is 0.481 e. The third kappa shape index (κ3) is 8.10. The van der Waals surface area contributed by atoms with Crippen LogP contribution in [0, 0.1) is 5.92 Å². The second-order valence-corrected chi connectivity index (χ2v) is 7.86. The van der Waals surface area contributed by atoms with E-state index in [0.29, 0.717) is 30.8 Å². The summed E-state index contributed by atoms with van der Waals surface area (Å²) in [6.07, 6.45) is 3.40. The summed E-state index contributed by atoms with van der Waals surface area (Å²) in [7, 11) is -3.54. The SMILES string of the molecule is O=C(O)CCC(CCO)CCCCNS(=O)(=O)c1ccc(Cl)cc1. The lowest BCUT2D eigenvalue weighted by molar-refractivity contribution is -0.137. The lowest BCUT2D eigenvalue weighted by Crippen LogP contribution is -2.24. The Morgan fingerprint density at radius 3 is 2.38 bits per heavy atom. The van der Waals surface area contributed by atoms with Gasteiger partial charge in [-0.15, -0.1) is 0 Å². The third-order valence-electron chi connectivity index (χ3n) is 3.76. The summed E-state index contributed by atoms with van der Waals surface area (Å²) in [6.45, 7) is 0.350. The topological polar surface area (TPSA) is 104 Å². The highest BCUT2D eigenvalue weighted by atomic mass is 35.5. The van der Waals surface area contributed by atoms with Gasteiger partial charge in [-0.25, -0.2) is 13.1 Å². The van der Waals surface area contributed by atoms with Gasteiger partial charge >= 0.3 is 5.97 Å². The average molecular weight is 378 g/mol. The van der Waals surface area contributed by atoms with Gasteiger partial charge in [0.05, 0.1) is 4.90 Å². The van der Waals surface area contributed by atoms with E-state index in [2.05, 4.69) is 4.72 Å². The van der Waals surface area contributed by atoms with Gasteiger partial charge in [0, 0.05) is 24.6 Å². The van der Waals surface area contributed by atoms with Crippen LogP contribution in [0.15, 0.2) is 29.2 Å². The summed E-state index contributed by atoms with van der Waals surface area (Å²) in [4.78, 5) is 10.8. The smallest absolute Gasteiger partial charge is 0.303 e. The van der Waals surface area contributed by atoms with Crippen LogP contribution in [-0.2, 0) is 14.8 Å². The molecule has 0 aliphatic carbocycles. The second kappa shape index (κ2) is 10.7. The van der Waals surface area contributed by atoms with Crippen LogP contribution in [-0.4, -0.2) is 37.8 Å². The lowest BCUT2D eigenvalue weighted by Gasteiger charge is -2.14. The summed E-state index contributed by atoms with van der Waals surface area (Å²) in [5.41, 5.74) is 0. The van der Waals surface area contributed by atoms with E-state index in [4.69, 9.17) is 21.8 Å². The molecule has 24 heavy (non-hydrogen) atoms. The van der Waals surface area contributed by atoms with Gasteiger partial charge in [0.15, 0.2) is 0 Å². The third-order valence-corrected chi connectivity index (χ3v) is 5.49. The zero-order valence-corrected chi connectivity index (χ0v) is 15.0. The number of hydrogen-bond donors (Lipinski definition) is 3. The monoisotopic (exact) mass is 377 g/mol. The first kappa shape index (κ1) is 20.9. The van der Waals surface area contributed by atoms with Crippen LogP contribution in [0.3, 0.4) is 0 Å². The Balaban J connectivity index is 2.33. The summed E-state index contributed by atoms with van der Waals surface area (Å²) >= 11 is 5.74. The molecule has 0 saturated carbocycles. The molecule has 1 atom stereocenters. The van der Waals surface area contributed by atoms with Crippen molar-refractivity contribution in [1.82, 2.24) is 4.72 Å². The van der Waals surface area contributed by atoms with Gasteiger partial charge < -0.3 is 10.2 Å². The Labute approximate surface area is 147 Å². The molecule has 1 aromatic rings. The number of aliphatic carboxylic acids is 1. The van der Waals surface area contributed by atoms with E-state index in [0.717, 1.165) is 12.8 Å². The number of aliphatic hydroxyl groups is 1. The molecule has 0 heterocycles. The lowest BCUT2D eigenvalue weighted by atomic mass is 9.94. The first-order chi connectivity index (χ1) is 11.3. The molecule has 0 aromatic heterocycles. The van der Waals surface area contributed by atoms with Crippen molar-refractivity contribution in [1.29, 1.82) is 0 Å². The normalized spacial score (nSPS) is 12.9. The fourth-order valence-electron chi connectivity index (χ4n) is 2.40. The van der Waals surface area contributed by atoms with Crippen molar-refractivity contribution in [2.24, 2.45) is 5.92 Å². The number of halogens is 1. The number of benzene rings is 1. The number of rotatable bonds is 12. The standard InChI is InChI=1S/C16H24ClNO5S/c17-14-5-7-15(8-6-14)24(22,23)18-11-2-1-3-13(10-12-19)4-9-16(20)21/h5-8,13,18-19H,1-4,9-12H2,(H,20,21). The molecule has 3 N–H and O–H groups in total. The van der Waals surface area contributed by atoms with E-state index in [1.54, 1.807) is 0 Å². The first-order valence-corrected chi connectivity index (χ1v) is 9.79. The van der Waals surface area contributed by atoms with E-state index < -0.39 is 16.0 Å². The molecule has 0 bridgehead atoms. The number of carboxylic acids is 1. The van der Waals surface area contributed by atoms with Crippen LogP contribution in [0.2, 0.25) is 5.02 Å². The van der Waals surface area contributed by atoms with Crippen molar-refractivity contribution in [2.45, 2.75) is 43.4 Å². The summed E-state index contributed by atoms with van der Waals surface area (Å²) in [5, 5.41) is 18.2. The van der Waals surface area contributed by atoms with Crippen LogP contribution in [0.5, 0.6) is 0 Å². The van der Waals surface area contributed by atoms with E-state index in [-0.39, 0.29) is 23.8 Å². The molecule has 0 aliphatic rings. The summed E-state index contributed by atoms with van der Waals surface area (Å²) in [6, 6.07) is 5.96. The highest BCUT2D eigenvalue weighted by Crippen LogP contribution is 2.19. The van der Waals surface area contributed by atoms with Crippen molar-refractivity contribution < 1.29 is 23.4 Å². The highest BCUT2D eigenvalue weighted by Gasteiger charge is 2.14. The summed E-state index contributed by atoms with van der Waals surface area (Å²) in [5.74, 6) is -0.687. The number of hydrogen-bond acceptors (Lipinski definition) is 4. The molecule has 0 amide bonds. The fourth-order valence-corrected chi connectivity index (χ4v) is 3.60. The van der Waals surface area contributed by atoms with E-state index >= 15 is 0 Å². The zero-order valence-electron chi connectivity index (χ0n) is 13.4. The molecule has 0 aliphatic heterocycles. The second-order valence-electron chi connectivity index (χ2n) is 5.66. The van der Waals surface area contributed by atoms with Crippen LogP contribution >= 0.6 is 11.6 Å². The molecule has 0 spiro atoms. The van der Waals surface area contributed by atoms with Crippen molar-refractivity contribution >= 4 is 27.6 Å². The zero-order chi connectivity index (χ0) is 18.0. The van der Waals surface area contributed by atoms with Gasteiger partial charge in [-0.2, -0.15) is 0 Å². The van der Waals surface area contributed by atoms with Crippen LogP contribution in [0.1, 0.15) is 38.5 Å². The molecule has 0 radical (unpaired) electrons. The maximum atomic E-state index is 12.1. The van der Waals surface area contributed by atoms with Crippen LogP contribution in [0.4, 0.5) is 0 Å². The number of carboxylic acid groups (broad SMARTS) is 1. The van der Waals surface area contributed by atoms with Crippen LogP contribution in [0.25, 0.3) is 0 Å². The first-order valence-electron chi connectivity index (χ1n) is 7.93. The van der Waals surface area contributed by atoms with Gasteiger partial charge in [-0.1, -0.05) is 24.4 Å². The number of aliphatic hydroxyl groups excluding tert-OH is 1. The molecule has 8 heteroatoms. The predicted octanol–water partition coefficient (Wildman–Crippen LogP) is 2.65. The number of sulfonamides is 1. The Kier molecular flexibility index (Phi) is 9.28. The number of carbonyl (C=O) groups is 1. The molecule has 1 aromatic carbocycles. The maximum Gasteiger partial charge on any atom is 0.303 e. The molecule has 0 fully saturated rings. The van der Waals surface area contributed by atoms with Crippen molar-refractivity contribution in [3.05, 3.63) is 29.3 Å². The minimum atomic E-state index is -3.54. The average Bonchev–Trinajstić information content (AvgIpc) is 2.52. The van der Waals surface area contributed by atoms with Gasteiger partial charge in [0.2, 0.25) is 10.0 Å². The fraction of sp³-hybridized carbons (Fsp3) is 0.562. The molecule has 136 valence electrons. The van der Waals surface area contributed by atoms with Gasteiger partial charge in [-0.05, 0) is 49.4 Å². The molecule has 0 saturated heterocycles. The quantitative estimate of drug-likeness (QED) is 0.486. The molecule has 1 rings (SSSR count). The van der Waals surface area contributed by atoms with Gasteiger partial charge in [0.1, 0.15) is 0 Å². The maximum absolute atomic E-state index is 12.1. The highest BCUT2D eigenvalue weighted by molar-refractivity contribution is 7.89. The minimum Gasteiger partial charge on any atom is -0.481 e. The van der Waals surface area contributed by atoms with Crippen molar-refractivity contribution in [3.8, 4) is 0 Å². The summed E-state index contributed by atoms with van der Waals surface area (Å²) < 4.78 is 26.7. The molecule has 6 nitrogen and oxygen atoms in total. The minimum absolute atomic E-state index is 0.0352. The van der Waals surface area contributed by atoms with Crippen molar-refractivity contribution in [2.75, 3.05) is 13.2 Å². The van der Waals surface area contributed by atoms with Gasteiger partial charge in [0.25, 0.3) is 0 Å². The Bertz CT molecular complexity index is 603. The van der Waals surface area contributed by atoms with Crippen molar-refractivity contribution in [3.63, 3.8) is 0 Å². The van der Waals surface area contributed by atoms with E-state index in [1.807, 2.05) is 0 Å². The molecule has 1 unspecified atom stereocenters. The van der Waals surface area contributed by atoms with Crippen LogP contribution < -0.4 is 4.72 Å². The number of nitrogens with one attached hydrogen (secondary N) is 1. The molecular weight excluding hydrogens is 354 g/mol. The Hall–Kier alpha value is -1.15.